The molecule has 0 aliphatic heterocycles. The number of amides is 2. The van der Waals surface area contributed by atoms with E-state index in [1.165, 1.54) is 43.0 Å². The smallest absolute Gasteiger partial charge is 0.349 e. The third kappa shape index (κ3) is 7.68. The van der Waals surface area contributed by atoms with Crippen molar-refractivity contribution in [1.82, 2.24) is 15.1 Å². The van der Waals surface area contributed by atoms with Gasteiger partial charge in [-0.15, -0.1) is 0 Å². The summed E-state index contributed by atoms with van der Waals surface area (Å²) in [6.07, 6.45) is -10.8. The summed E-state index contributed by atoms with van der Waals surface area (Å²) in [6.45, 7) is 2.05. The number of alkyl halides is 10. The third-order valence-electron chi connectivity index (χ3n) is 6.29. The van der Waals surface area contributed by atoms with Gasteiger partial charge in [0.15, 0.2) is 0 Å². The van der Waals surface area contributed by atoms with E-state index >= 15 is 0 Å². The lowest BCUT2D eigenvalue weighted by Gasteiger charge is -2.20. The highest BCUT2D eigenvalue weighted by atomic mass is 35.5. The van der Waals surface area contributed by atoms with Gasteiger partial charge in [0, 0.05) is 17.5 Å². The van der Waals surface area contributed by atoms with Crippen molar-refractivity contribution in [3.05, 3.63) is 81.1 Å². The number of hydrogen-bond acceptors (Lipinski definition) is 4. The standard InChI is InChI=1S/C27H23ClF10N4O2S/c1-13-9-15(11-42-20(25(31,32)27(36,37)38)10-19(41-42)24(29,30)26(33,34)35)7-8-18(13)40-22(43)16-5-4-6-17(28)21(16)23(44)39-14(2)12-45-3/h4-10,14H,11-12H2,1-3H3,(H,39,44)(H,40,43). The van der Waals surface area contributed by atoms with Gasteiger partial charge in [-0.25, -0.2) is 0 Å². The molecule has 0 aliphatic rings. The lowest BCUT2D eigenvalue weighted by molar-refractivity contribution is -0.292. The van der Waals surface area contributed by atoms with Gasteiger partial charge in [0.05, 0.1) is 22.7 Å². The first-order chi connectivity index (χ1) is 20.6. The number of anilines is 1. The Morgan fingerprint density at radius 1 is 0.933 bits per heavy atom. The van der Waals surface area contributed by atoms with Crippen molar-refractivity contribution < 1.29 is 53.5 Å². The molecule has 1 unspecified atom stereocenters. The minimum absolute atomic E-state index is 0.0234. The van der Waals surface area contributed by atoms with Crippen LogP contribution in [-0.4, -0.2) is 52.0 Å². The summed E-state index contributed by atoms with van der Waals surface area (Å²) in [5, 5.41) is 7.99. The number of nitrogens with zero attached hydrogens (tertiary/aromatic N) is 2. The third-order valence-corrected chi connectivity index (χ3v) is 7.43. The van der Waals surface area contributed by atoms with E-state index in [2.05, 4.69) is 15.7 Å². The fourth-order valence-electron chi connectivity index (χ4n) is 4.09. The van der Waals surface area contributed by atoms with Crippen LogP contribution < -0.4 is 10.6 Å². The van der Waals surface area contributed by atoms with Crippen molar-refractivity contribution in [2.24, 2.45) is 0 Å². The van der Waals surface area contributed by atoms with Gasteiger partial charge in [-0.05, 0) is 55.5 Å². The predicted molar refractivity (Wildman–Crippen MR) is 147 cm³/mol. The normalized spacial score (nSPS) is 13.5. The Labute approximate surface area is 258 Å². The average molecular weight is 693 g/mol. The maximum atomic E-state index is 14.2. The second-order valence-electron chi connectivity index (χ2n) is 9.81. The van der Waals surface area contributed by atoms with Gasteiger partial charge in [0.25, 0.3) is 11.8 Å². The lowest BCUT2D eigenvalue weighted by atomic mass is 10.0. The molecule has 45 heavy (non-hydrogen) atoms. The first kappa shape index (κ1) is 36.0. The molecule has 0 saturated heterocycles. The van der Waals surface area contributed by atoms with Crippen molar-refractivity contribution in [2.45, 2.75) is 50.6 Å². The molecule has 18 heteroatoms. The minimum Gasteiger partial charge on any atom is -0.349 e. The van der Waals surface area contributed by atoms with Crippen LogP contribution in [0.25, 0.3) is 0 Å². The monoisotopic (exact) mass is 692 g/mol. The zero-order valence-electron chi connectivity index (χ0n) is 23.3. The summed E-state index contributed by atoms with van der Waals surface area (Å²) >= 11 is 7.68. The second-order valence-corrected chi connectivity index (χ2v) is 11.1. The Kier molecular flexibility index (Phi) is 10.5. The van der Waals surface area contributed by atoms with E-state index < -0.39 is 60.0 Å². The van der Waals surface area contributed by atoms with E-state index in [-0.39, 0.29) is 43.7 Å². The molecule has 1 heterocycles. The van der Waals surface area contributed by atoms with E-state index in [1.807, 2.05) is 6.26 Å². The van der Waals surface area contributed by atoms with E-state index in [0.717, 1.165) is 12.1 Å². The van der Waals surface area contributed by atoms with Crippen LogP contribution in [0.4, 0.5) is 49.6 Å². The molecule has 0 aliphatic carbocycles. The molecule has 1 aromatic heterocycles. The molecule has 2 aromatic carbocycles. The van der Waals surface area contributed by atoms with Crippen LogP contribution >= 0.6 is 23.4 Å². The molecule has 0 saturated carbocycles. The van der Waals surface area contributed by atoms with Gasteiger partial charge in [-0.3, -0.25) is 14.3 Å². The number of carbonyl (C=O) groups is 2. The number of aromatic nitrogens is 2. The number of thioether (sulfide) groups is 1. The predicted octanol–water partition coefficient (Wildman–Crippen LogP) is 7.94. The molecule has 0 fully saturated rings. The van der Waals surface area contributed by atoms with Crippen LogP contribution in [0.3, 0.4) is 0 Å². The fraction of sp³-hybridized carbons (Fsp3) is 0.370. The van der Waals surface area contributed by atoms with Crippen molar-refractivity contribution in [3.8, 4) is 0 Å². The molecule has 3 rings (SSSR count). The van der Waals surface area contributed by atoms with Gasteiger partial charge < -0.3 is 10.6 Å². The van der Waals surface area contributed by atoms with Crippen molar-refractivity contribution in [1.29, 1.82) is 0 Å². The Hall–Kier alpha value is -3.47. The highest BCUT2D eigenvalue weighted by molar-refractivity contribution is 7.98. The van der Waals surface area contributed by atoms with E-state index in [9.17, 15) is 53.5 Å². The number of nitrogens with one attached hydrogen (secondary N) is 2. The maximum absolute atomic E-state index is 14.2. The Morgan fingerprint density at radius 2 is 1.56 bits per heavy atom. The summed E-state index contributed by atoms with van der Waals surface area (Å²) < 4.78 is 134. The van der Waals surface area contributed by atoms with Gasteiger partial charge in [-0.1, -0.05) is 29.8 Å². The highest BCUT2D eigenvalue weighted by Gasteiger charge is 2.64. The number of hydrogen-bond donors (Lipinski definition) is 2. The molecule has 246 valence electrons. The largest absolute Gasteiger partial charge is 0.459 e. The molecule has 0 bridgehead atoms. The number of halogens is 11. The van der Waals surface area contributed by atoms with Crippen LogP contribution in [0, 0.1) is 6.92 Å². The average Bonchev–Trinajstić information content (AvgIpc) is 3.34. The molecular weight excluding hydrogens is 670 g/mol. The van der Waals surface area contributed by atoms with Gasteiger partial charge >= 0.3 is 24.2 Å². The zero-order chi connectivity index (χ0) is 34.1. The Morgan fingerprint density at radius 3 is 2.11 bits per heavy atom. The first-order valence-electron chi connectivity index (χ1n) is 12.6. The molecule has 2 N–H and O–H groups in total. The number of rotatable bonds is 10. The summed E-state index contributed by atoms with van der Waals surface area (Å²) in [6, 6.07) is 6.68. The van der Waals surface area contributed by atoms with Crippen molar-refractivity contribution in [3.63, 3.8) is 0 Å². The lowest BCUT2D eigenvalue weighted by Crippen LogP contribution is -2.36. The SMILES string of the molecule is CSCC(C)NC(=O)c1c(Cl)cccc1C(=O)Nc1ccc(Cn2nc(C(F)(F)C(F)(F)F)cc2C(F)(F)C(F)(F)F)cc1C. The van der Waals surface area contributed by atoms with Crippen LogP contribution in [0.1, 0.15) is 50.2 Å². The quantitative estimate of drug-likeness (QED) is 0.212. The van der Waals surface area contributed by atoms with Crippen LogP contribution in [0.2, 0.25) is 5.02 Å². The molecule has 0 spiro atoms. The molecule has 3 aromatic rings. The number of carbonyl (C=O) groups excluding carboxylic acids is 2. The molecule has 2 amide bonds. The summed E-state index contributed by atoms with van der Waals surface area (Å²) in [5.41, 5.74) is -4.70. The second kappa shape index (κ2) is 13.1. The number of benzene rings is 2. The topological polar surface area (TPSA) is 76.0 Å². The van der Waals surface area contributed by atoms with Crippen molar-refractivity contribution >= 4 is 40.9 Å². The fourth-order valence-corrected chi connectivity index (χ4v) is 4.94. The van der Waals surface area contributed by atoms with Crippen molar-refractivity contribution in [2.75, 3.05) is 17.3 Å². The van der Waals surface area contributed by atoms with E-state index in [4.69, 9.17) is 11.6 Å². The van der Waals surface area contributed by atoms with E-state index in [0.29, 0.717) is 5.75 Å². The summed E-state index contributed by atoms with van der Waals surface area (Å²) in [5.74, 6) is -12.5. The molecular formula is C27H23ClF10N4O2S. The van der Waals surface area contributed by atoms with Crippen LogP contribution in [0.15, 0.2) is 42.5 Å². The highest BCUT2D eigenvalue weighted by Crippen LogP contribution is 2.48. The summed E-state index contributed by atoms with van der Waals surface area (Å²) in [4.78, 5) is 26.0. The van der Waals surface area contributed by atoms with Gasteiger partial charge in [-0.2, -0.15) is 60.8 Å². The number of aryl methyl sites for hydroxylation is 1. The van der Waals surface area contributed by atoms with Crippen LogP contribution in [-0.2, 0) is 18.4 Å². The Bertz CT molecular complexity index is 1570. The molecule has 6 nitrogen and oxygen atoms in total. The zero-order valence-corrected chi connectivity index (χ0v) is 24.9. The van der Waals surface area contributed by atoms with Gasteiger partial charge in [0.1, 0.15) is 11.4 Å². The molecule has 0 radical (unpaired) electrons. The van der Waals surface area contributed by atoms with Gasteiger partial charge in [0.2, 0.25) is 0 Å². The van der Waals surface area contributed by atoms with Crippen LogP contribution in [0.5, 0.6) is 0 Å². The Balaban J connectivity index is 1.94. The molecule has 1 atom stereocenters. The summed E-state index contributed by atoms with van der Waals surface area (Å²) in [7, 11) is 0. The van der Waals surface area contributed by atoms with E-state index in [1.54, 1.807) is 6.92 Å². The minimum atomic E-state index is -6.34. The maximum Gasteiger partial charge on any atom is 0.459 e. The first-order valence-corrected chi connectivity index (χ1v) is 14.4.